The van der Waals surface area contributed by atoms with E-state index in [1.54, 1.807) is 12.1 Å². The largest absolute Gasteiger partial charge is 0.374 e. The van der Waals surface area contributed by atoms with E-state index in [1.165, 1.54) is 11.8 Å². The van der Waals surface area contributed by atoms with E-state index in [0.29, 0.717) is 0 Å². The number of aromatic nitrogens is 1. The number of nitrogens with one attached hydrogen (secondary N) is 3. The predicted molar refractivity (Wildman–Crippen MR) is 102 cm³/mol. The van der Waals surface area contributed by atoms with E-state index in [1.807, 2.05) is 18.2 Å². The summed E-state index contributed by atoms with van der Waals surface area (Å²) in [6.07, 6.45) is 5.25. The van der Waals surface area contributed by atoms with Crippen molar-refractivity contribution in [2.24, 2.45) is 0 Å². The molecule has 6 nitrogen and oxygen atoms in total. The third kappa shape index (κ3) is 2.83. The van der Waals surface area contributed by atoms with Crippen molar-refractivity contribution in [1.29, 1.82) is 0 Å². The van der Waals surface area contributed by atoms with Crippen LogP contribution in [0.25, 0.3) is 0 Å². The van der Waals surface area contributed by atoms with Crippen molar-refractivity contribution in [3.8, 4) is 0 Å². The molecule has 1 aliphatic carbocycles. The zero-order valence-electron chi connectivity index (χ0n) is 14.2. The van der Waals surface area contributed by atoms with Crippen LogP contribution in [0.5, 0.6) is 0 Å². The van der Waals surface area contributed by atoms with Crippen LogP contribution in [0.2, 0.25) is 0 Å². The molecular weight excluding hydrogens is 330 g/mol. The van der Waals surface area contributed by atoms with Gasteiger partial charge in [0.05, 0.1) is 0 Å². The van der Waals surface area contributed by atoms with Crippen molar-refractivity contribution < 1.29 is 0 Å². The minimum Gasteiger partial charge on any atom is -0.374 e. The monoisotopic (exact) mass is 349 g/mol. The predicted octanol–water partition coefficient (Wildman–Crippen LogP) is 2.29. The van der Waals surface area contributed by atoms with Gasteiger partial charge < -0.3 is 15.6 Å². The van der Waals surface area contributed by atoms with Crippen LogP contribution in [-0.2, 0) is 6.42 Å². The average Bonchev–Trinajstić information content (AvgIpc) is 2.64. The molecule has 4 rings (SSSR count). The Morgan fingerprint density at radius 3 is 2.31 bits per heavy atom. The van der Waals surface area contributed by atoms with Gasteiger partial charge in [-0.2, -0.15) is 0 Å². The SMILES string of the molecule is O=c1[nH]cccc1Nc1c(NC2(Cc3ccccc3)CCC2)c(=O)c1=O. The number of anilines is 3. The molecule has 2 aromatic carbocycles. The first-order valence-electron chi connectivity index (χ1n) is 8.68. The Labute approximate surface area is 149 Å². The summed E-state index contributed by atoms with van der Waals surface area (Å²) in [6.45, 7) is 0. The summed E-state index contributed by atoms with van der Waals surface area (Å²) in [6, 6.07) is 13.3. The molecule has 0 unspecified atom stereocenters. The summed E-state index contributed by atoms with van der Waals surface area (Å²) in [7, 11) is 0. The molecule has 3 aromatic rings. The molecule has 1 aliphatic rings. The van der Waals surface area contributed by atoms with E-state index in [9.17, 15) is 14.4 Å². The lowest BCUT2D eigenvalue weighted by Crippen LogP contribution is -2.51. The maximum atomic E-state index is 12.1. The Hall–Kier alpha value is -3.15. The highest BCUT2D eigenvalue weighted by molar-refractivity contribution is 5.79. The normalized spacial score (nSPS) is 15.4. The number of rotatable bonds is 6. The average molecular weight is 349 g/mol. The summed E-state index contributed by atoms with van der Waals surface area (Å²) in [5.41, 5.74) is 0.210. The standard InChI is InChI=1S/C20H19N3O3/c24-17-15(22-14-8-4-11-21-19(14)26)16(18(17)25)23-20(9-5-10-20)12-13-6-2-1-3-7-13/h1-4,6-8,11,22-23H,5,9-10,12H2,(H,21,26). The van der Waals surface area contributed by atoms with Gasteiger partial charge in [0.15, 0.2) is 0 Å². The van der Waals surface area contributed by atoms with E-state index in [-0.39, 0.29) is 28.2 Å². The molecule has 0 amide bonds. The van der Waals surface area contributed by atoms with Crippen molar-refractivity contribution >= 4 is 17.1 Å². The fraction of sp³-hybridized carbons (Fsp3) is 0.250. The molecule has 1 fully saturated rings. The lowest BCUT2D eigenvalue weighted by molar-refractivity contribution is 0.276. The van der Waals surface area contributed by atoms with Crippen molar-refractivity contribution in [2.45, 2.75) is 31.2 Å². The van der Waals surface area contributed by atoms with Gasteiger partial charge in [-0.25, -0.2) is 0 Å². The summed E-state index contributed by atoms with van der Waals surface area (Å²) >= 11 is 0. The van der Waals surface area contributed by atoms with Crippen LogP contribution in [0.4, 0.5) is 17.1 Å². The highest BCUT2D eigenvalue weighted by atomic mass is 16.2. The summed E-state index contributed by atoms with van der Waals surface area (Å²) in [5.74, 6) is 0. The van der Waals surface area contributed by atoms with E-state index in [2.05, 4.69) is 27.8 Å². The molecule has 3 N–H and O–H groups in total. The number of benzene rings is 1. The summed E-state index contributed by atoms with van der Waals surface area (Å²) in [5, 5.41) is 6.13. The Bertz CT molecular complexity index is 1060. The minimum absolute atomic E-state index is 0.172. The van der Waals surface area contributed by atoms with Crippen molar-refractivity contribution in [3.05, 3.63) is 85.0 Å². The number of aromatic amines is 1. The van der Waals surface area contributed by atoms with Crippen molar-refractivity contribution in [3.63, 3.8) is 0 Å². The smallest absolute Gasteiger partial charge is 0.271 e. The minimum atomic E-state index is -0.593. The van der Waals surface area contributed by atoms with Crippen molar-refractivity contribution in [1.82, 2.24) is 4.98 Å². The summed E-state index contributed by atoms with van der Waals surface area (Å²) < 4.78 is 0. The molecule has 1 aromatic heterocycles. The molecule has 0 spiro atoms. The number of pyridine rings is 1. The molecule has 0 atom stereocenters. The second kappa shape index (κ2) is 6.29. The maximum absolute atomic E-state index is 12.1. The highest BCUT2D eigenvalue weighted by Gasteiger charge is 2.39. The van der Waals surface area contributed by atoms with Gasteiger partial charge in [-0.15, -0.1) is 0 Å². The van der Waals surface area contributed by atoms with E-state index < -0.39 is 10.9 Å². The molecular formula is C20H19N3O3. The number of hydrogen-bond acceptors (Lipinski definition) is 5. The first-order valence-corrected chi connectivity index (χ1v) is 8.68. The van der Waals surface area contributed by atoms with Crippen LogP contribution in [-0.4, -0.2) is 10.5 Å². The Morgan fingerprint density at radius 1 is 0.923 bits per heavy atom. The molecule has 1 heterocycles. The molecule has 0 saturated heterocycles. The first-order chi connectivity index (χ1) is 12.6. The topological polar surface area (TPSA) is 91.1 Å². The van der Waals surface area contributed by atoms with Crippen LogP contribution < -0.4 is 27.1 Å². The first kappa shape index (κ1) is 16.3. The van der Waals surface area contributed by atoms with Gasteiger partial charge in [0.25, 0.3) is 16.4 Å². The Morgan fingerprint density at radius 2 is 1.65 bits per heavy atom. The Kier molecular flexibility index (Phi) is 3.95. The molecule has 0 aliphatic heterocycles. The van der Waals surface area contributed by atoms with Gasteiger partial charge in [0.1, 0.15) is 17.1 Å². The molecule has 6 heteroatoms. The number of hydrogen-bond donors (Lipinski definition) is 3. The molecule has 0 radical (unpaired) electrons. The van der Waals surface area contributed by atoms with Crippen LogP contribution in [0.15, 0.2) is 63.0 Å². The molecule has 132 valence electrons. The second-order valence-corrected chi connectivity index (χ2v) is 6.87. The Balaban J connectivity index is 1.60. The molecule has 0 bridgehead atoms. The summed E-state index contributed by atoms with van der Waals surface area (Å²) in [4.78, 5) is 38.5. The van der Waals surface area contributed by atoms with Gasteiger partial charge in [-0.05, 0) is 43.4 Å². The maximum Gasteiger partial charge on any atom is 0.271 e. The highest BCUT2D eigenvalue weighted by Crippen LogP contribution is 2.39. The van der Waals surface area contributed by atoms with Crippen molar-refractivity contribution in [2.75, 3.05) is 10.6 Å². The van der Waals surface area contributed by atoms with Gasteiger partial charge in [-0.1, -0.05) is 30.3 Å². The lowest BCUT2D eigenvalue weighted by Gasteiger charge is -2.44. The molecule has 26 heavy (non-hydrogen) atoms. The van der Waals surface area contributed by atoms with Gasteiger partial charge >= 0.3 is 0 Å². The lowest BCUT2D eigenvalue weighted by atomic mass is 9.72. The third-order valence-corrected chi connectivity index (χ3v) is 5.07. The van der Waals surface area contributed by atoms with Gasteiger partial charge in [0, 0.05) is 11.7 Å². The third-order valence-electron chi connectivity index (χ3n) is 5.07. The van der Waals surface area contributed by atoms with Crippen LogP contribution in [0.1, 0.15) is 24.8 Å². The van der Waals surface area contributed by atoms with Gasteiger partial charge in [-0.3, -0.25) is 14.4 Å². The van der Waals surface area contributed by atoms with Crippen LogP contribution >= 0.6 is 0 Å². The zero-order valence-corrected chi connectivity index (χ0v) is 14.2. The van der Waals surface area contributed by atoms with Gasteiger partial charge in [0.2, 0.25) is 0 Å². The van der Waals surface area contributed by atoms with E-state index >= 15 is 0 Å². The second-order valence-electron chi connectivity index (χ2n) is 6.87. The fourth-order valence-electron chi connectivity index (χ4n) is 3.49. The van der Waals surface area contributed by atoms with E-state index in [0.717, 1.165) is 25.7 Å². The fourth-order valence-corrected chi connectivity index (χ4v) is 3.49. The number of H-pyrrole nitrogens is 1. The zero-order chi connectivity index (χ0) is 18.1. The van der Waals surface area contributed by atoms with Crippen LogP contribution in [0.3, 0.4) is 0 Å². The van der Waals surface area contributed by atoms with E-state index in [4.69, 9.17) is 0 Å². The molecule has 1 saturated carbocycles. The van der Waals surface area contributed by atoms with Crippen LogP contribution in [0, 0.1) is 0 Å². The quantitative estimate of drug-likeness (QED) is 0.594.